The van der Waals surface area contributed by atoms with Crippen molar-refractivity contribution in [2.75, 3.05) is 0 Å². The lowest BCUT2D eigenvalue weighted by Crippen LogP contribution is -1.93. The number of pyridine rings is 2. The van der Waals surface area contributed by atoms with E-state index in [0.717, 1.165) is 27.5 Å². The van der Waals surface area contributed by atoms with Crippen molar-refractivity contribution in [3.05, 3.63) is 102 Å². The van der Waals surface area contributed by atoms with Crippen LogP contribution in [0.3, 0.4) is 0 Å². The van der Waals surface area contributed by atoms with Gasteiger partial charge in [0.25, 0.3) is 0 Å². The van der Waals surface area contributed by atoms with E-state index in [1.165, 1.54) is 37.6 Å². The molecule has 0 N–H and O–H groups in total. The molecule has 0 radical (unpaired) electrons. The van der Waals surface area contributed by atoms with E-state index < -0.39 is 0 Å². The summed E-state index contributed by atoms with van der Waals surface area (Å²) in [5.41, 5.74) is 10.0. The summed E-state index contributed by atoms with van der Waals surface area (Å²) in [7, 11) is 0. The number of aromatic nitrogens is 3. The number of nitrogens with zero attached hydrogens (tertiary/aromatic N) is 3. The van der Waals surface area contributed by atoms with Gasteiger partial charge in [-0.05, 0) is 79.4 Å². The quantitative estimate of drug-likeness (QED) is 0.277. The van der Waals surface area contributed by atoms with Gasteiger partial charge in [0.2, 0.25) is 0 Å². The summed E-state index contributed by atoms with van der Waals surface area (Å²) >= 11 is 1.86. The number of fused-ring (bicyclic) bond motifs is 3. The third kappa shape index (κ3) is 3.26. The number of rotatable bonds is 3. The fraction of sp³-hybridized carbons (Fsp3) is 0.103. The molecular weight excluding hydrogens is 422 g/mol. The fourth-order valence-corrected chi connectivity index (χ4v) is 6.15. The van der Waals surface area contributed by atoms with Gasteiger partial charge in [-0.15, -0.1) is 11.3 Å². The van der Waals surface area contributed by atoms with E-state index in [-0.39, 0.29) is 0 Å². The van der Waals surface area contributed by atoms with E-state index >= 15 is 0 Å². The molecule has 0 spiro atoms. The Morgan fingerprint density at radius 2 is 1.24 bits per heavy atom. The van der Waals surface area contributed by atoms with Crippen molar-refractivity contribution in [2.45, 2.75) is 20.8 Å². The van der Waals surface area contributed by atoms with Crippen molar-refractivity contribution in [3.63, 3.8) is 0 Å². The van der Waals surface area contributed by atoms with Crippen LogP contribution in [-0.4, -0.2) is 14.5 Å². The Morgan fingerprint density at radius 3 is 1.85 bits per heavy atom. The van der Waals surface area contributed by atoms with Crippen molar-refractivity contribution < 1.29 is 0 Å². The van der Waals surface area contributed by atoms with Crippen molar-refractivity contribution >= 4 is 33.1 Å². The highest BCUT2D eigenvalue weighted by Gasteiger charge is 2.13. The first-order chi connectivity index (χ1) is 16.1. The van der Waals surface area contributed by atoms with E-state index in [9.17, 15) is 0 Å². The maximum atomic E-state index is 4.33. The van der Waals surface area contributed by atoms with Crippen LogP contribution < -0.4 is 0 Å². The second-order valence-electron chi connectivity index (χ2n) is 8.61. The van der Waals surface area contributed by atoms with E-state index in [0.29, 0.717) is 0 Å². The molecule has 0 aliphatic heterocycles. The zero-order valence-electron chi connectivity index (χ0n) is 18.8. The molecular formula is C29H23N3S. The van der Waals surface area contributed by atoms with Gasteiger partial charge >= 0.3 is 0 Å². The Bertz CT molecular complexity index is 1560. The van der Waals surface area contributed by atoms with Crippen molar-refractivity contribution in [1.29, 1.82) is 0 Å². The van der Waals surface area contributed by atoms with Gasteiger partial charge in [0.15, 0.2) is 0 Å². The van der Waals surface area contributed by atoms with E-state index in [1.807, 2.05) is 36.1 Å². The number of thiophene rings is 1. The van der Waals surface area contributed by atoms with Crippen LogP contribution in [0.4, 0.5) is 0 Å². The summed E-state index contributed by atoms with van der Waals surface area (Å²) in [6.07, 6.45) is 7.54. The molecule has 6 rings (SSSR count). The minimum atomic E-state index is 1.12. The van der Waals surface area contributed by atoms with Crippen LogP contribution >= 0.6 is 11.3 Å². The molecule has 0 saturated carbocycles. The highest BCUT2D eigenvalue weighted by molar-refractivity contribution is 7.18. The molecule has 6 aromatic rings. The number of aryl methyl sites for hydroxylation is 3. The second-order valence-corrected chi connectivity index (χ2v) is 9.69. The van der Waals surface area contributed by atoms with Crippen LogP contribution in [0.1, 0.15) is 16.7 Å². The highest BCUT2D eigenvalue weighted by atomic mass is 32.1. The molecule has 0 atom stereocenters. The lowest BCUT2D eigenvalue weighted by molar-refractivity contribution is 1.17. The molecule has 4 aromatic heterocycles. The average molecular weight is 446 g/mol. The largest absolute Gasteiger partial charge is 0.309 e. The van der Waals surface area contributed by atoms with E-state index in [4.69, 9.17) is 0 Å². The molecule has 4 heteroatoms. The van der Waals surface area contributed by atoms with Gasteiger partial charge in [-0.25, -0.2) is 0 Å². The van der Waals surface area contributed by atoms with Gasteiger partial charge in [0.05, 0.1) is 11.0 Å². The first-order valence-corrected chi connectivity index (χ1v) is 11.9. The summed E-state index contributed by atoms with van der Waals surface area (Å²) in [6, 6.07) is 22.0. The monoisotopic (exact) mass is 445 g/mol. The molecule has 160 valence electrons. The molecule has 0 aliphatic carbocycles. The Labute approximate surface area is 197 Å². The minimum absolute atomic E-state index is 1.12. The van der Waals surface area contributed by atoms with E-state index in [2.05, 4.69) is 96.0 Å². The lowest BCUT2D eigenvalue weighted by Gasteiger charge is -2.10. The molecule has 4 heterocycles. The third-order valence-corrected chi connectivity index (χ3v) is 7.46. The summed E-state index contributed by atoms with van der Waals surface area (Å²) in [5.74, 6) is 0. The summed E-state index contributed by atoms with van der Waals surface area (Å²) in [6.45, 7) is 6.58. The van der Waals surface area contributed by atoms with Gasteiger partial charge in [-0.3, -0.25) is 9.97 Å². The Balaban J connectivity index is 1.41. The predicted octanol–water partition coefficient (Wildman–Crippen LogP) is 7.89. The van der Waals surface area contributed by atoms with Crippen molar-refractivity contribution in [2.24, 2.45) is 0 Å². The minimum Gasteiger partial charge on any atom is -0.309 e. The first-order valence-electron chi connectivity index (χ1n) is 11.1. The van der Waals surface area contributed by atoms with E-state index in [1.54, 1.807) is 0 Å². The Hall–Kier alpha value is -3.76. The van der Waals surface area contributed by atoms with Crippen LogP contribution in [0.25, 0.3) is 48.4 Å². The van der Waals surface area contributed by atoms with Crippen LogP contribution in [0.5, 0.6) is 0 Å². The molecule has 0 fully saturated rings. The normalized spacial score (nSPS) is 11.5. The van der Waals surface area contributed by atoms with Gasteiger partial charge in [-0.1, -0.05) is 29.8 Å². The standard InChI is InChI=1S/C29H23N3S/c1-18-14-19(2)29(20(3)15-18)28-9-8-27(33-28)21-4-6-22(7-5-21)32-25-10-12-30-16-23(25)24-17-31-13-11-26(24)32/h4-17H,1-3H3. The summed E-state index contributed by atoms with van der Waals surface area (Å²) in [5, 5.41) is 2.24. The highest BCUT2D eigenvalue weighted by Crippen LogP contribution is 2.38. The fourth-order valence-electron chi connectivity index (χ4n) is 4.96. The summed E-state index contributed by atoms with van der Waals surface area (Å²) in [4.78, 5) is 11.3. The van der Waals surface area contributed by atoms with Crippen LogP contribution in [0.2, 0.25) is 0 Å². The molecule has 3 nitrogen and oxygen atoms in total. The zero-order valence-corrected chi connectivity index (χ0v) is 19.6. The zero-order chi connectivity index (χ0) is 22.5. The smallest absolute Gasteiger partial charge is 0.0572 e. The predicted molar refractivity (Wildman–Crippen MR) is 139 cm³/mol. The topological polar surface area (TPSA) is 30.7 Å². The van der Waals surface area contributed by atoms with Crippen molar-refractivity contribution in [1.82, 2.24) is 14.5 Å². The van der Waals surface area contributed by atoms with Gasteiger partial charge in [-0.2, -0.15) is 0 Å². The Morgan fingerprint density at radius 1 is 0.667 bits per heavy atom. The molecule has 0 aliphatic rings. The maximum absolute atomic E-state index is 4.33. The Kier molecular flexibility index (Phi) is 4.63. The molecule has 2 aromatic carbocycles. The van der Waals surface area contributed by atoms with Crippen LogP contribution in [0, 0.1) is 20.8 Å². The number of benzene rings is 2. The molecule has 0 unspecified atom stereocenters. The summed E-state index contributed by atoms with van der Waals surface area (Å²) < 4.78 is 2.29. The first kappa shape index (κ1) is 19.9. The molecule has 0 saturated heterocycles. The van der Waals surface area contributed by atoms with Gasteiger partial charge in [0, 0.05) is 51.0 Å². The maximum Gasteiger partial charge on any atom is 0.0572 e. The van der Waals surface area contributed by atoms with Gasteiger partial charge < -0.3 is 4.57 Å². The molecule has 33 heavy (non-hydrogen) atoms. The third-order valence-electron chi connectivity index (χ3n) is 6.31. The molecule has 0 amide bonds. The second kappa shape index (κ2) is 7.68. The number of hydrogen-bond donors (Lipinski definition) is 0. The van der Waals surface area contributed by atoms with Crippen molar-refractivity contribution in [3.8, 4) is 26.6 Å². The number of hydrogen-bond acceptors (Lipinski definition) is 3. The van der Waals surface area contributed by atoms with Crippen LogP contribution in [-0.2, 0) is 0 Å². The SMILES string of the molecule is Cc1cc(C)c(-c2ccc(-c3ccc(-n4c5ccncc5c5cnccc54)cc3)s2)c(C)c1. The lowest BCUT2D eigenvalue weighted by atomic mass is 9.99. The van der Waals surface area contributed by atoms with Gasteiger partial charge in [0.1, 0.15) is 0 Å². The van der Waals surface area contributed by atoms with Crippen LogP contribution in [0.15, 0.2) is 85.5 Å². The molecule has 0 bridgehead atoms. The average Bonchev–Trinajstić information content (AvgIpc) is 3.42.